The molecule has 150 valence electrons. The molecule has 2 heterocycles. The molecule has 1 aromatic carbocycles. The number of ether oxygens (including phenoxy) is 1. The molecule has 1 atom stereocenters. The van der Waals surface area contributed by atoms with Crippen LogP contribution in [-0.4, -0.2) is 61.2 Å². The smallest absolute Gasteiger partial charge is 0.309 e. The standard InChI is InChI=1S/C20H25N3O4S/c24-18(15-4-2-1-3-5-15)17-7-6-16(28-17)14-22-20(26)19(25)21-8-9-23-10-12-27-13-11-23/h1-7,18,24H,8-14H2,(H,21,25)(H,22,26). The molecule has 7 nitrogen and oxygen atoms in total. The van der Waals surface area contributed by atoms with E-state index in [1.807, 2.05) is 42.5 Å². The molecular weight excluding hydrogens is 378 g/mol. The third kappa shape index (κ3) is 5.87. The highest BCUT2D eigenvalue weighted by molar-refractivity contribution is 7.12. The van der Waals surface area contributed by atoms with Crippen LogP contribution in [0, 0.1) is 0 Å². The Kier molecular flexibility index (Phi) is 7.55. The van der Waals surface area contributed by atoms with Crippen molar-refractivity contribution in [3.05, 3.63) is 57.8 Å². The van der Waals surface area contributed by atoms with Crippen LogP contribution in [0.4, 0.5) is 0 Å². The van der Waals surface area contributed by atoms with Crippen molar-refractivity contribution in [1.82, 2.24) is 15.5 Å². The number of aliphatic hydroxyl groups is 1. The third-order valence-electron chi connectivity index (χ3n) is 4.51. The van der Waals surface area contributed by atoms with Gasteiger partial charge in [-0.25, -0.2) is 0 Å². The predicted molar refractivity (Wildman–Crippen MR) is 107 cm³/mol. The molecule has 0 spiro atoms. The van der Waals surface area contributed by atoms with Gasteiger partial charge in [0.05, 0.1) is 19.8 Å². The normalized spacial score (nSPS) is 15.8. The zero-order valence-corrected chi connectivity index (χ0v) is 16.4. The molecule has 28 heavy (non-hydrogen) atoms. The quantitative estimate of drug-likeness (QED) is 0.598. The number of morpholine rings is 1. The van der Waals surface area contributed by atoms with E-state index in [9.17, 15) is 14.7 Å². The summed E-state index contributed by atoms with van der Waals surface area (Å²) in [6.45, 7) is 4.48. The first kappa shape index (κ1) is 20.5. The first-order valence-electron chi connectivity index (χ1n) is 9.31. The highest BCUT2D eigenvalue weighted by Crippen LogP contribution is 2.28. The van der Waals surface area contributed by atoms with Gasteiger partial charge in [0.25, 0.3) is 0 Å². The maximum Gasteiger partial charge on any atom is 0.309 e. The van der Waals surface area contributed by atoms with E-state index < -0.39 is 17.9 Å². The maximum absolute atomic E-state index is 12.0. The third-order valence-corrected chi connectivity index (χ3v) is 5.65. The number of hydrogen-bond donors (Lipinski definition) is 3. The van der Waals surface area contributed by atoms with E-state index in [1.54, 1.807) is 0 Å². The minimum Gasteiger partial charge on any atom is -0.383 e. The second kappa shape index (κ2) is 10.3. The van der Waals surface area contributed by atoms with E-state index in [-0.39, 0.29) is 6.54 Å². The molecule has 1 aliphatic heterocycles. The van der Waals surface area contributed by atoms with Gasteiger partial charge in [0, 0.05) is 35.9 Å². The van der Waals surface area contributed by atoms with Gasteiger partial charge in [0.15, 0.2) is 0 Å². The molecule has 8 heteroatoms. The van der Waals surface area contributed by atoms with Crippen molar-refractivity contribution < 1.29 is 19.4 Å². The maximum atomic E-state index is 12.0. The van der Waals surface area contributed by atoms with Crippen molar-refractivity contribution in [3.8, 4) is 0 Å². The first-order valence-corrected chi connectivity index (χ1v) is 10.1. The summed E-state index contributed by atoms with van der Waals surface area (Å²) < 4.78 is 5.27. The SMILES string of the molecule is O=C(NCCN1CCOCC1)C(=O)NCc1ccc(C(O)c2ccccc2)s1. The lowest BCUT2D eigenvalue weighted by atomic mass is 10.1. The van der Waals surface area contributed by atoms with E-state index in [2.05, 4.69) is 15.5 Å². The number of nitrogens with one attached hydrogen (secondary N) is 2. The number of thiophene rings is 1. The number of benzene rings is 1. The van der Waals surface area contributed by atoms with Gasteiger partial charge in [-0.2, -0.15) is 0 Å². The molecule has 1 saturated heterocycles. The van der Waals surface area contributed by atoms with Crippen molar-refractivity contribution in [2.24, 2.45) is 0 Å². The molecule has 3 N–H and O–H groups in total. The number of carbonyl (C=O) groups is 2. The van der Waals surface area contributed by atoms with Crippen LogP contribution in [0.15, 0.2) is 42.5 Å². The highest BCUT2D eigenvalue weighted by Gasteiger charge is 2.16. The molecule has 2 aromatic rings. The van der Waals surface area contributed by atoms with Gasteiger partial charge in [-0.3, -0.25) is 14.5 Å². The van der Waals surface area contributed by atoms with E-state index >= 15 is 0 Å². The van der Waals surface area contributed by atoms with Crippen molar-refractivity contribution in [2.75, 3.05) is 39.4 Å². The molecule has 0 bridgehead atoms. The highest BCUT2D eigenvalue weighted by atomic mass is 32.1. The summed E-state index contributed by atoms with van der Waals surface area (Å²) in [7, 11) is 0. The lowest BCUT2D eigenvalue weighted by Gasteiger charge is -2.26. The van der Waals surface area contributed by atoms with Crippen molar-refractivity contribution in [1.29, 1.82) is 0 Å². The number of carbonyl (C=O) groups excluding carboxylic acids is 2. The molecule has 1 aromatic heterocycles. The largest absolute Gasteiger partial charge is 0.383 e. The Morgan fingerprint density at radius 2 is 1.79 bits per heavy atom. The van der Waals surface area contributed by atoms with Gasteiger partial charge >= 0.3 is 11.8 Å². The Labute approximate surface area is 168 Å². The van der Waals surface area contributed by atoms with Gasteiger partial charge in [-0.05, 0) is 17.7 Å². The fourth-order valence-electron chi connectivity index (χ4n) is 2.92. The van der Waals surface area contributed by atoms with Crippen molar-refractivity contribution in [3.63, 3.8) is 0 Å². The molecule has 0 aliphatic carbocycles. The van der Waals surface area contributed by atoms with Crippen LogP contribution in [0.5, 0.6) is 0 Å². The van der Waals surface area contributed by atoms with Crippen LogP contribution in [0.2, 0.25) is 0 Å². The Balaban J connectivity index is 1.40. The number of nitrogens with zero attached hydrogens (tertiary/aromatic N) is 1. The monoisotopic (exact) mass is 403 g/mol. The Bertz CT molecular complexity index is 775. The zero-order valence-electron chi connectivity index (χ0n) is 15.6. The summed E-state index contributed by atoms with van der Waals surface area (Å²) in [4.78, 5) is 27.7. The van der Waals surface area contributed by atoms with Gasteiger partial charge < -0.3 is 20.5 Å². The molecule has 0 radical (unpaired) electrons. The summed E-state index contributed by atoms with van der Waals surface area (Å²) in [5.41, 5.74) is 0.819. The Hall–Kier alpha value is -2.26. The van der Waals surface area contributed by atoms with E-state index in [0.717, 1.165) is 28.4 Å². The van der Waals surface area contributed by atoms with Gasteiger partial charge in [0.1, 0.15) is 6.10 Å². The minimum absolute atomic E-state index is 0.252. The van der Waals surface area contributed by atoms with E-state index in [0.29, 0.717) is 26.3 Å². The average molecular weight is 404 g/mol. The fourth-order valence-corrected chi connectivity index (χ4v) is 3.88. The van der Waals surface area contributed by atoms with Crippen LogP contribution in [0.25, 0.3) is 0 Å². The molecule has 1 aliphatic rings. The van der Waals surface area contributed by atoms with Crippen molar-refractivity contribution in [2.45, 2.75) is 12.6 Å². The second-order valence-electron chi connectivity index (χ2n) is 6.51. The van der Waals surface area contributed by atoms with Gasteiger partial charge in [0.2, 0.25) is 0 Å². The Morgan fingerprint density at radius 1 is 1.07 bits per heavy atom. The molecule has 1 unspecified atom stereocenters. The number of hydrogen-bond acceptors (Lipinski definition) is 6. The van der Waals surface area contributed by atoms with Crippen molar-refractivity contribution >= 4 is 23.2 Å². The summed E-state index contributed by atoms with van der Waals surface area (Å²) in [5.74, 6) is -1.28. The van der Waals surface area contributed by atoms with Crippen LogP contribution >= 0.6 is 11.3 Å². The molecule has 1 fully saturated rings. The predicted octanol–water partition coefficient (Wildman–Crippen LogP) is 0.894. The van der Waals surface area contributed by atoms with Crippen LogP contribution in [0.3, 0.4) is 0 Å². The average Bonchev–Trinajstić information content (AvgIpc) is 3.22. The Morgan fingerprint density at radius 3 is 2.54 bits per heavy atom. The zero-order chi connectivity index (χ0) is 19.8. The lowest BCUT2D eigenvalue weighted by molar-refractivity contribution is -0.139. The van der Waals surface area contributed by atoms with Crippen LogP contribution < -0.4 is 10.6 Å². The minimum atomic E-state index is -0.695. The number of rotatable bonds is 7. The lowest BCUT2D eigenvalue weighted by Crippen LogP contribution is -2.44. The fraction of sp³-hybridized carbons (Fsp3) is 0.400. The molecule has 3 rings (SSSR count). The molecular formula is C20H25N3O4S. The summed E-state index contributed by atoms with van der Waals surface area (Å²) in [6.07, 6.45) is -0.695. The van der Waals surface area contributed by atoms with E-state index in [4.69, 9.17) is 4.74 Å². The first-order chi connectivity index (χ1) is 13.6. The van der Waals surface area contributed by atoms with Gasteiger partial charge in [-0.15, -0.1) is 11.3 Å². The summed E-state index contributed by atoms with van der Waals surface area (Å²) in [5, 5.41) is 15.7. The van der Waals surface area contributed by atoms with Crippen LogP contribution in [0.1, 0.15) is 21.4 Å². The van der Waals surface area contributed by atoms with Crippen LogP contribution in [-0.2, 0) is 20.9 Å². The molecule has 2 amide bonds. The summed E-state index contributed by atoms with van der Waals surface area (Å²) >= 11 is 1.41. The topological polar surface area (TPSA) is 90.9 Å². The summed E-state index contributed by atoms with van der Waals surface area (Å²) in [6, 6.07) is 13.1. The van der Waals surface area contributed by atoms with E-state index in [1.165, 1.54) is 11.3 Å². The van der Waals surface area contributed by atoms with Gasteiger partial charge in [-0.1, -0.05) is 30.3 Å². The number of amides is 2. The molecule has 0 saturated carbocycles. The second-order valence-corrected chi connectivity index (χ2v) is 7.71. The number of aliphatic hydroxyl groups excluding tert-OH is 1.